The van der Waals surface area contributed by atoms with Gasteiger partial charge in [-0.05, 0) is 48.4 Å². The number of aliphatic hydroxyl groups is 1. The first-order chi connectivity index (χ1) is 9.85. The molecule has 2 unspecified atom stereocenters. The van der Waals surface area contributed by atoms with Crippen LogP contribution in [0.5, 0.6) is 0 Å². The molecule has 1 aliphatic rings. The molecule has 0 saturated heterocycles. The van der Waals surface area contributed by atoms with E-state index in [0.29, 0.717) is 34.0 Å². The lowest BCUT2D eigenvalue weighted by Gasteiger charge is -2.17. The molecule has 0 heterocycles. The summed E-state index contributed by atoms with van der Waals surface area (Å²) >= 11 is 3.35. The minimum absolute atomic E-state index is 0.180. The predicted octanol–water partition coefficient (Wildman–Crippen LogP) is 2.96. The summed E-state index contributed by atoms with van der Waals surface area (Å²) in [6.45, 7) is 4.25. The maximum absolute atomic E-state index is 12.5. The third-order valence-electron chi connectivity index (χ3n) is 4.40. The molecule has 2 atom stereocenters. The summed E-state index contributed by atoms with van der Waals surface area (Å²) in [6, 6.07) is 3.29. The number of hydrogen-bond donors (Lipinski definition) is 2. The van der Waals surface area contributed by atoms with Crippen molar-refractivity contribution in [3.8, 4) is 0 Å². The van der Waals surface area contributed by atoms with E-state index in [1.165, 1.54) is 12.8 Å². The van der Waals surface area contributed by atoms with Gasteiger partial charge in [0.25, 0.3) is 0 Å². The van der Waals surface area contributed by atoms with E-state index in [2.05, 4.69) is 27.6 Å². The second-order valence-electron chi connectivity index (χ2n) is 5.88. The van der Waals surface area contributed by atoms with E-state index in [1.807, 2.05) is 0 Å². The van der Waals surface area contributed by atoms with Crippen LogP contribution in [0.25, 0.3) is 0 Å². The molecule has 1 aromatic rings. The Morgan fingerprint density at radius 1 is 1.38 bits per heavy atom. The van der Waals surface area contributed by atoms with Gasteiger partial charge in [0, 0.05) is 11.0 Å². The number of sulfonamides is 1. The standard InChI is InChI=1S/C15H22BrNO3S/c1-10-4-3-5-13(10)8-17-21(19,20)15-7-12(9-18)6-14(16)11(15)2/h6-7,10,13,17-18H,3-5,8-9H2,1-2H3. The van der Waals surface area contributed by atoms with Crippen molar-refractivity contribution in [3.63, 3.8) is 0 Å². The first kappa shape index (κ1) is 16.9. The minimum Gasteiger partial charge on any atom is -0.392 e. The van der Waals surface area contributed by atoms with Crippen molar-refractivity contribution in [2.45, 2.75) is 44.6 Å². The Kier molecular flexibility index (Phi) is 5.46. The van der Waals surface area contributed by atoms with Crippen LogP contribution in [0.4, 0.5) is 0 Å². The van der Waals surface area contributed by atoms with Gasteiger partial charge in [0.05, 0.1) is 11.5 Å². The predicted molar refractivity (Wildman–Crippen MR) is 86.5 cm³/mol. The molecule has 4 nitrogen and oxygen atoms in total. The van der Waals surface area contributed by atoms with Crippen LogP contribution in [-0.4, -0.2) is 20.1 Å². The summed E-state index contributed by atoms with van der Waals surface area (Å²) in [5, 5.41) is 9.24. The maximum atomic E-state index is 12.5. The fraction of sp³-hybridized carbons (Fsp3) is 0.600. The molecule has 1 saturated carbocycles. The van der Waals surface area contributed by atoms with Crippen LogP contribution >= 0.6 is 15.9 Å². The number of benzene rings is 1. The Hall–Kier alpha value is -0.430. The van der Waals surface area contributed by atoms with E-state index in [0.717, 1.165) is 6.42 Å². The highest BCUT2D eigenvalue weighted by molar-refractivity contribution is 9.10. The molecule has 0 bridgehead atoms. The quantitative estimate of drug-likeness (QED) is 0.831. The smallest absolute Gasteiger partial charge is 0.240 e. The van der Waals surface area contributed by atoms with Crippen molar-refractivity contribution < 1.29 is 13.5 Å². The molecule has 21 heavy (non-hydrogen) atoms. The van der Waals surface area contributed by atoms with Crippen molar-refractivity contribution in [2.75, 3.05) is 6.54 Å². The fourth-order valence-corrected chi connectivity index (χ4v) is 4.94. The summed E-state index contributed by atoms with van der Waals surface area (Å²) in [6.07, 6.45) is 3.44. The van der Waals surface area contributed by atoms with E-state index in [4.69, 9.17) is 0 Å². The summed E-state index contributed by atoms with van der Waals surface area (Å²) in [5.41, 5.74) is 1.25. The summed E-state index contributed by atoms with van der Waals surface area (Å²) < 4.78 is 28.5. The molecule has 0 aliphatic heterocycles. The molecule has 0 radical (unpaired) electrons. The first-order valence-electron chi connectivity index (χ1n) is 7.24. The lowest BCUT2D eigenvalue weighted by Crippen LogP contribution is -2.31. The monoisotopic (exact) mass is 375 g/mol. The zero-order chi connectivity index (χ0) is 15.6. The van der Waals surface area contributed by atoms with Crippen LogP contribution in [0.3, 0.4) is 0 Å². The Labute approximate surface area is 135 Å². The van der Waals surface area contributed by atoms with Crippen molar-refractivity contribution in [2.24, 2.45) is 11.8 Å². The Morgan fingerprint density at radius 3 is 2.67 bits per heavy atom. The molecule has 6 heteroatoms. The second-order valence-corrected chi connectivity index (χ2v) is 8.47. The molecule has 0 spiro atoms. The average molecular weight is 376 g/mol. The molecule has 0 amide bonds. The maximum Gasteiger partial charge on any atom is 0.240 e. The van der Waals surface area contributed by atoms with Crippen LogP contribution in [0.15, 0.2) is 21.5 Å². The summed E-state index contributed by atoms with van der Waals surface area (Å²) in [4.78, 5) is 0.242. The topological polar surface area (TPSA) is 66.4 Å². The van der Waals surface area contributed by atoms with Crippen LogP contribution in [0.1, 0.15) is 37.3 Å². The number of halogens is 1. The minimum atomic E-state index is -3.55. The van der Waals surface area contributed by atoms with Gasteiger partial charge in [0.2, 0.25) is 10.0 Å². The van der Waals surface area contributed by atoms with Gasteiger partial charge in [-0.1, -0.05) is 35.7 Å². The molecule has 1 aliphatic carbocycles. The molecular formula is C15H22BrNO3S. The number of rotatable bonds is 5. The Balaban J connectivity index is 2.21. The first-order valence-corrected chi connectivity index (χ1v) is 9.52. The number of aliphatic hydroxyl groups excluding tert-OH is 1. The molecule has 1 aromatic carbocycles. The number of nitrogens with one attached hydrogen (secondary N) is 1. The van der Waals surface area contributed by atoms with Crippen molar-refractivity contribution in [1.29, 1.82) is 0 Å². The van der Waals surface area contributed by atoms with Crippen molar-refractivity contribution in [1.82, 2.24) is 4.72 Å². The summed E-state index contributed by atoms with van der Waals surface area (Å²) in [5.74, 6) is 0.994. The van der Waals surface area contributed by atoms with Crippen LogP contribution in [0, 0.1) is 18.8 Å². The van der Waals surface area contributed by atoms with E-state index in [1.54, 1.807) is 19.1 Å². The highest BCUT2D eigenvalue weighted by atomic mass is 79.9. The molecule has 2 rings (SSSR count). The Bertz CT molecular complexity index is 616. The molecule has 1 fully saturated rings. The van der Waals surface area contributed by atoms with Gasteiger partial charge < -0.3 is 5.11 Å². The second kappa shape index (κ2) is 6.77. The lowest BCUT2D eigenvalue weighted by atomic mass is 9.99. The van der Waals surface area contributed by atoms with Crippen molar-refractivity contribution in [3.05, 3.63) is 27.7 Å². The third kappa shape index (κ3) is 3.86. The molecule has 118 valence electrons. The van der Waals surface area contributed by atoms with Crippen molar-refractivity contribution >= 4 is 26.0 Å². The SMILES string of the molecule is Cc1c(Br)cc(CO)cc1S(=O)(=O)NCC1CCCC1C. The highest BCUT2D eigenvalue weighted by Crippen LogP contribution is 2.31. The van der Waals surface area contributed by atoms with Gasteiger partial charge in [0.1, 0.15) is 0 Å². The fourth-order valence-electron chi connectivity index (χ4n) is 2.90. The van der Waals surface area contributed by atoms with Crippen LogP contribution < -0.4 is 4.72 Å². The normalized spacial score (nSPS) is 22.7. The molecular weight excluding hydrogens is 354 g/mol. The molecule has 0 aromatic heterocycles. The van der Waals surface area contributed by atoms with Gasteiger partial charge in [-0.2, -0.15) is 0 Å². The van der Waals surface area contributed by atoms with E-state index in [-0.39, 0.29) is 11.5 Å². The largest absolute Gasteiger partial charge is 0.392 e. The summed E-state index contributed by atoms with van der Waals surface area (Å²) in [7, 11) is -3.55. The van der Waals surface area contributed by atoms with Crippen LogP contribution in [0.2, 0.25) is 0 Å². The van der Waals surface area contributed by atoms with E-state index >= 15 is 0 Å². The average Bonchev–Trinajstić information content (AvgIpc) is 2.84. The third-order valence-corrected chi connectivity index (χ3v) is 6.78. The van der Waals surface area contributed by atoms with Gasteiger partial charge in [-0.15, -0.1) is 0 Å². The highest BCUT2D eigenvalue weighted by Gasteiger charge is 2.26. The van der Waals surface area contributed by atoms with E-state index in [9.17, 15) is 13.5 Å². The zero-order valence-corrected chi connectivity index (χ0v) is 14.8. The lowest BCUT2D eigenvalue weighted by molar-refractivity contribution is 0.281. The molecule has 2 N–H and O–H groups in total. The number of hydrogen-bond acceptors (Lipinski definition) is 3. The zero-order valence-electron chi connectivity index (χ0n) is 12.4. The van der Waals surface area contributed by atoms with Gasteiger partial charge in [0.15, 0.2) is 0 Å². The Morgan fingerprint density at radius 2 is 2.10 bits per heavy atom. The van der Waals surface area contributed by atoms with Gasteiger partial charge >= 0.3 is 0 Å². The van der Waals surface area contributed by atoms with Crippen LogP contribution in [-0.2, 0) is 16.6 Å². The van der Waals surface area contributed by atoms with Gasteiger partial charge in [-0.25, -0.2) is 13.1 Å². The van der Waals surface area contributed by atoms with E-state index < -0.39 is 10.0 Å². The van der Waals surface area contributed by atoms with Gasteiger partial charge in [-0.3, -0.25) is 0 Å².